The predicted octanol–water partition coefficient (Wildman–Crippen LogP) is 0.277. The van der Waals surface area contributed by atoms with E-state index in [4.69, 9.17) is 5.26 Å². The largest absolute Gasteiger partial charge is 0.301 e. The number of sulfonamides is 1. The van der Waals surface area contributed by atoms with Crippen molar-refractivity contribution in [3.8, 4) is 6.07 Å². The van der Waals surface area contributed by atoms with E-state index < -0.39 is 15.9 Å². The fraction of sp³-hybridized carbons (Fsp3) is 0.556. The van der Waals surface area contributed by atoms with E-state index >= 15 is 0 Å². The summed E-state index contributed by atoms with van der Waals surface area (Å²) in [5, 5.41) is 18.3. The Morgan fingerprint density at radius 1 is 1.58 bits per heavy atom. The van der Waals surface area contributed by atoms with Crippen molar-refractivity contribution in [3.05, 3.63) is 0 Å². The molecule has 1 rings (SSSR count). The molecule has 0 radical (unpaired) electrons. The van der Waals surface area contributed by atoms with Crippen LogP contribution in [-0.4, -0.2) is 42.4 Å². The fourth-order valence-electron chi connectivity index (χ4n) is 1.17. The Labute approximate surface area is 115 Å². The number of nitriles is 1. The van der Waals surface area contributed by atoms with E-state index in [0.29, 0.717) is 0 Å². The molecule has 0 aliphatic carbocycles. The molecule has 1 unspecified atom stereocenters. The first-order valence-electron chi connectivity index (χ1n) is 5.24. The first-order valence-corrected chi connectivity index (χ1v) is 7.50. The van der Waals surface area contributed by atoms with Crippen molar-refractivity contribution in [2.24, 2.45) is 5.92 Å². The van der Waals surface area contributed by atoms with Gasteiger partial charge in [-0.05, 0) is 6.92 Å². The molecule has 1 aromatic rings. The van der Waals surface area contributed by atoms with Gasteiger partial charge in [-0.15, -0.1) is 10.2 Å². The van der Waals surface area contributed by atoms with Crippen LogP contribution < -0.4 is 5.32 Å². The SMILES string of the molecule is CC(=O)Nc1nnc(S(=O)(=O)N(C)CC(C)C#N)s1. The van der Waals surface area contributed by atoms with Crippen molar-refractivity contribution >= 4 is 32.4 Å². The van der Waals surface area contributed by atoms with E-state index in [1.165, 1.54) is 14.0 Å². The lowest BCUT2D eigenvalue weighted by atomic mass is 10.2. The molecule has 0 fully saturated rings. The van der Waals surface area contributed by atoms with Crippen LogP contribution in [0, 0.1) is 17.2 Å². The number of anilines is 1. The summed E-state index contributed by atoms with van der Waals surface area (Å²) in [6.45, 7) is 2.97. The van der Waals surface area contributed by atoms with Crippen LogP contribution in [0.1, 0.15) is 13.8 Å². The predicted molar refractivity (Wildman–Crippen MR) is 68.8 cm³/mol. The highest BCUT2D eigenvalue weighted by Gasteiger charge is 2.26. The monoisotopic (exact) mass is 303 g/mol. The summed E-state index contributed by atoms with van der Waals surface area (Å²) in [4.78, 5) is 10.8. The highest BCUT2D eigenvalue weighted by Crippen LogP contribution is 2.22. The molecule has 0 saturated heterocycles. The highest BCUT2D eigenvalue weighted by atomic mass is 32.2. The van der Waals surface area contributed by atoms with Gasteiger partial charge < -0.3 is 5.32 Å². The minimum Gasteiger partial charge on any atom is -0.301 e. The second-order valence-electron chi connectivity index (χ2n) is 3.87. The van der Waals surface area contributed by atoms with Crippen LogP contribution in [0.5, 0.6) is 0 Å². The molecule has 1 amide bonds. The Morgan fingerprint density at radius 2 is 2.21 bits per heavy atom. The van der Waals surface area contributed by atoms with E-state index in [1.54, 1.807) is 6.92 Å². The molecular weight excluding hydrogens is 290 g/mol. The molecule has 1 N–H and O–H groups in total. The third kappa shape index (κ3) is 3.95. The molecule has 0 aromatic carbocycles. The molecule has 104 valence electrons. The molecule has 1 atom stereocenters. The van der Waals surface area contributed by atoms with Gasteiger partial charge in [0.15, 0.2) is 0 Å². The Hall–Kier alpha value is -1.57. The van der Waals surface area contributed by atoms with Gasteiger partial charge in [-0.1, -0.05) is 11.3 Å². The molecule has 0 aliphatic heterocycles. The smallest absolute Gasteiger partial charge is 0.272 e. The average Bonchev–Trinajstić information content (AvgIpc) is 2.76. The van der Waals surface area contributed by atoms with Gasteiger partial charge >= 0.3 is 0 Å². The fourth-order valence-corrected chi connectivity index (χ4v) is 3.57. The van der Waals surface area contributed by atoms with Crippen molar-refractivity contribution in [2.45, 2.75) is 18.2 Å². The molecule has 1 aromatic heterocycles. The van der Waals surface area contributed by atoms with Gasteiger partial charge in [0, 0.05) is 20.5 Å². The number of hydrogen-bond donors (Lipinski definition) is 1. The standard InChI is InChI=1S/C9H13N5O3S2/c1-6(4-10)5-14(3)19(16,17)9-13-12-8(18-9)11-7(2)15/h6H,5H2,1-3H3,(H,11,12,15). The molecule has 0 bridgehead atoms. The second kappa shape index (κ2) is 6.05. The van der Waals surface area contributed by atoms with Crippen molar-refractivity contribution in [2.75, 3.05) is 18.9 Å². The number of nitrogens with one attached hydrogen (secondary N) is 1. The lowest BCUT2D eigenvalue weighted by Gasteiger charge is -2.15. The molecule has 19 heavy (non-hydrogen) atoms. The van der Waals surface area contributed by atoms with Crippen LogP contribution in [0.4, 0.5) is 5.13 Å². The Bertz CT molecular complexity index is 604. The summed E-state index contributed by atoms with van der Waals surface area (Å²) in [5.41, 5.74) is 0. The van der Waals surface area contributed by atoms with Crippen molar-refractivity contribution in [3.63, 3.8) is 0 Å². The number of nitrogens with zero attached hydrogens (tertiary/aromatic N) is 4. The molecule has 0 aliphatic rings. The minimum absolute atomic E-state index is 0.0634. The van der Waals surface area contributed by atoms with E-state index in [0.717, 1.165) is 15.6 Å². The molecule has 0 spiro atoms. The number of aromatic nitrogens is 2. The molecule has 0 saturated carbocycles. The summed E-state index contributed by atoms with van der Waals surface area (Å²) >= 11 is 0.764. The first kappa shape index (κ1) is 15.5. The first-order chi connectivity index (χ1) is 8.77. The van der Waals surface area contributed by atoms with Gasteiger partial charge in [0.2, 0.25) is 15.4 Å². The van der Waals surface area contributed by atoms with Crippen molar-refractivity contribution in [1.82, 2.24) is 14.5 Å². The maximum atomic E-state index is 12.1. The van der Waals surface area contributed by atoms with E-state index in [1.807, 2.05) is 6.07 Å². The summed E-state index contributed by atoms with van der Waals surface area (Å²) in [5.74, 6) is -0.783. The maximum Gasteiger partial charge on any atom is 0.272 e. The van der Waals surface area contributed by atoms with Gasteiger partial charge in [0.1, 0.15) is 0 Å². The lowest BCUT2D eigenvalue weighted by Crippen LogP contribution is -2.30. The zero-order valence-electron chi connectivity index (χ0n) is 10.6. The average molecular weight is 303 g/mol. The van der Waals surface area contributed by atoms with E-state index in [2.05, 4.69) is 15.5 Å². The summed E-state index contributed by atoms with van der Waals surface area (Å²) in [6.07, 6.45) is 0. The zero-order valence-corrected chi connectivity index (χ0v) is 12.2. The van der Waals surface area contributed by atoms with Crippen molar-refractivity contribution < 1.29 is 13.2 Å². The summed E-state index contributed by atoms with van der Waals surface area (Å²) in [7, 11) is -2.42. The number of carbonyl (C=O) groups is 1. The summed E-state index contributed by atoms with van der Waals surface area (Å²) in [6, 6.07) is 1.95. The van der Waals surface area contributed by atoms with Crippen LogP contribution in [0.25, 0.3) is 0 Å². The molecule has 8 nitrogen and oxygen atoms in total. The minimum atomic E-state index is -3.78. The number of rotatable bonds is 5. The lowest BCUT2D eigenvalue weighted by molar-refractivity contribution is -0.114. The normalized spacial score (nSPS) is 13.0. The van der Waals surface area contributed by atoms with E-state index in [9.17, 15) is 13.2 Å². The van der Waals surface area contributed by atoms with Crippen LogP contribution in [0.2, 0.25) is 0 Å². The van der Waals surface area contributed by atoms with E-state index in [-0.39, 0.29) is 21.9 Å². The zero-order chi connectivity index (χ0) is 14.6. The van der Waals surface area contributed by atoms with Gasteiger partial charge in [-0.2, -0.15) is 9.57 Å². The van der Waals surface area contributed by atoms with Crippen LogP contribution >= 0.6 is 11.3 Å². The number of carbonyl (C=O) groups excluding carboxylic acids is 1. The topological polar surface area (TPSA) is 116 Å². The van der Waals surface area contributed by atoms with Gasteiger partial charge in [-0.25, -0.2) is 8.42 Å². The molecule has 1 heterocycles. The number of amides is 1. The molecular formula is C9H13N5O3S2. The van der Waals surface area contributed by atoms with Gasteiger partial charge in [0.25, 0.3) is 10.0 Å². The molecule has 10 heteroatoms. The Morgan fingerprint density at radius 3 is 2.74 bits per heavy atom. The summed E-state index contributed by atoms with van der Waals surface area (Å²) < 4.78 is 25.0. The van der Waals surface area contributed by atoms with Crippen LogP contribution in [-0.2, 0) is 14.8 Å². The van der Waals surface area contributed by atoms with Gasteiger partial charge in [-0.3, -0.25) is 4.79 Å². The van der Waals surface area contributed by atoms with Crippen molar-refractivity contribution in [1.29, 1.82) is 5.26 Å². The second-order valence-corrected chi connectivity index (χ2v) is 7.07. The highest BCUT2D eigenvalue weighted by molar-refractivity contribution is 7.91. The van der Waals surface area contributed by atoms with Gasteiger partial charge in [0.05, 0.1) is 12.0 Å². The number of hydrogen-bond acceptors (Lipinski definition) is 7. The third-order valence-corrected chi connectivity index (χ3v) is 5.08. The maximum absolute atomic E-state index is 12.1. The van der Waals surface area contributed by atoms with Crippen LogP contribution in [0.15, 0.2) is 4.34 Å². The quantitative estimate of drug-likeness (QED) is 0.781. The Balaban J connectivity index is 2.91. The van der Waals surface area contributed by atoms with Crippen LogP contribution in [0.3, 0.4) is 0 Å². The third-order valence-electron chi connectivity index (χ3n) is 2.07. The Kier molecular flexibility index (Phi) is 4.93.